The van der Waals surface area contributed by atoms with Crippen LogP contribution >= 0.6 is 11.3 Å². The van der Waals surface area contributed by atoms with Gasteiger partial charge in [0.15, 0.2) is 10.8 Å². The fourth-order valence-electron chi connectivity index (χ4n) is 4.76. The van der Waals surface area contributed by atoms with Gasteiger partial charge in [0.1, 0.15) is 17.8 Å². The molecule has 11 heteroatoms. The molecule has 1 N–H and O–H groups in total. The van der Waals surface area contributed by atoms with Gasteiger partial charge in [-0.2, -0.15) is 0 Å². The van der Waals surface area contributed by atoms with Crippen LogP contribution in [-0.2, 0) is 4.79 Å². The number of aromatic nitrogens is 6. The van der Waals surface area contributed by atoms with Crippen LogP contribution in [0.3, 0.4) is 0 Å². The first kappa shape index (κ1) is 23.8. The van der Waals surface area contributed by atoms with Gasteiger partial charge in [0.25, 0.3) is 5.91 Å². The summed E-state index contributed by atoms with van der Waals surface area (Å²) in [5, 5.41) is 13.7. The topological polar surface area (TPSA) is 106 Å². The molecule has 10 nitrogen and oxygen atoms in total. The zero-order chi connectivity index (χ0) is 25.4. The lowest BCUT2D eigenvalue weighted by Crippen LogP contribution is -2.29. The number of imidazole rings is 1. The van der Waals surface area contributed by atoms with E-state index in [0.29, 0.717) is 17.8 Å². The molecule has 1 aliphatic heterocycles. The van der Waals surface area contributed by atoms with Crippen LogP contribution in [0.1, 0.15) is 69.5 Å². The maximum absolute atomic E-state index is 13.3. The summed E-state index contributed by atoms with van der Waals surface area (Å²) >= 11 is 1.43. The second kappa shape index (κ2) is 10.0. The Balaban J connectivity index is 1.26. The third-order valence-electron chi connectivity index (χ3n) is 7.20. The number of piperidine rings is 1. The van der Waals surface area contributed by atoms with Crippen molar-refractivity contribution in [2.24, 2.45) is 4.99 Å². The molecule has 0 bridgehead atoms. The Morgan fingerprint density at radius 2 is 2.00 bits per heavy atom. The quantitative estimate of drug-likeness (QED) is 0.250. The molecule has 0 radical (unpaired) electrons. The monoisotopic (exact) mass is 517 g/mol. The number of allylic oxidation sites excluding steroid dienone is 3. The molecular formula is C26H31N9OS. The van der Waals surface area contributed by atoms with Crippen LogP contribution in [0, 0.1) is 0 Å². The maximum atomic E-state index is 13.3. The highest BCUT2D eigenvalue weighted by Gasteiger charge is 2.28. The molecular weight excluding hydrogens is 486 g/mol. The van der Waals surface area contributed by atoms with E-state index in [0.717, 1.165) is 53.9 Å². The van der Waals surface area contributed by atoms with Crippen LogP contribution in [0.15, 0.2) is 46.7 Å². The number of likely N-dealkylation sites (tertiary alicyclic amines) is 1. The standard InChI is InChI=1S/C26H31N9OS/c1-17(33-10-4-3-5-11-33)22(34-13-21(28-15-34)18-6-7-18)12-20(27-2)25(36)30-23-14-37-26(31-23)24-32-29-16-35(24)19-8-9-19/h12-16,18-19H,2-11H2,1H3,(H,30,36)/b20-12-,22-17-. The number of nitrogens with one attached hydrogen (secondary N) is 1. The Kier molecular flexibility index (Phi) is 6.45. The van der Waals surface area contributed by atoms with E-state index in [9.17, 15) is 4.79 Å². The predicted molar refractivity (Wildman–Crippen MR) is 144 cm³/mol. The Hall–Kier alpha value is -3.60. The van der Waals surface area contributed by atoms with Gasteiger partial charge in [-0.15, -0.1) is 21.5 Å². The number of carbonyl (C=O) groups is 1. The summed E-state index contributed by atoms with van der Waals surface area (Å²) in [7, 11) is 0. The second-order valence-corrected chi connectivity index (χ2v) is 10.8. The summed E-state index contributed by atoms with van der Waals surface area (Å²) in [6, 6.07) is 0.448. The molecule has 3 aromatic heterocycles. The molecule has 0 spiro atoms. The molecule has 3 aliphatic rings. The zero-order valence-corrected chi connectivity index (χ0v) is 21.8. The van der Waals surface area contributed by atoms with E-state index in [4.69, 9.17) is 0 Å². The summed E-state index contributed by atoms with van der Waals surface area (Å²) in [6.45, 7) is 7.80. The number of hydrogen-bond donors (Lipinski definition) is 1. The highest BCUT2D eigenvalue weighted by Crippen LogP contribution is 2.40. The van der Waals surface area contributed by atoms with Gasteiger partial charge in [0, 0.05) is 42.3 Å². The molecule has 1 amide bonds. The number of amides is 1. The molecule has 0 aromatic carbocycles. The largest absolute Gasteiger partial charge is 0.373 e. The summed E-state index contributed by atoms with van der Waals surface area (Å²) < 4.78 is 4.07. The molecule has 6 rings (SSSR count). The van der Waals surface area contributed by atoms with Crippen molar-refractivity contribution in [2.45, 2.75) is 63.8 Å². The lowest BCUT2D eigenvalue weighted by molar-refractivity contribution is -0.112. The highest BCUT2D eigenvalue weighted by molar-refractivity contribution is 7.13. The van der Waals surface area contributed by atoms with E-state index in [1.807, 2.05) is 22.4 Å². The van der Waals surface area contributed by atoms with Crippen molar-refractivity contribution in [3.63, 3.8) is 0 Å². The lowest BCUT2D eigenvalue weighted by Gasteiger charge is -2.31. The minimum absolute atomic E-state index is 0.226. The number of carbonyl (C=O) groups excluding carboxylic acids is 1. The first-order chi connectivity index (χ1) is 18.1. The Morgan fingerprint density at radius 3 is 2.73 bits per heavy atom. The summed E-state index contributed by atoms with van der Waals surface area (Å²) in [6.07, 6.45) is 15.7. The fraction of sp³-hybridized carbons (Fsp3) is 0.462. The first-order valence-electron chi connectivity index (χ1n) is 13.0. The smallest absolute Gasteiger partial charge is 0.275 e. The number of aliphatic imine (C=N–C) groups is 1. The normalized spacial score (nSPS) is 19.1. The minimum atomic E-state index is -0.359. The molecule has 192 valence electrons. The van der Waals surface area contributed by atoms with Crippen LogP contribution in [0.4, 0.5) is 5.82 Å². The van der Waals surface area contributed by atoms with Gasteiger partial charge in [-0.25, -0.2) is 9.97 Å². The third-order valence-corrected chi connectivity index (χ3v) is 8.04. The van der Waals surface area contributed by atoms with Gasteiger partial charge in [0.05, 0.1) is 17.7 Å². The average Bonchev–Trinajstić information content (AvgIpc) is 3.80. The van der Waals surface area contributed by atoms with Crippen molar-refractivity contribution in [2.75, 3.05) is 18.4 Å². The number of hydrogen-bond acceptors (Lipinski definition) is 8. The van der Waals surface area contributed by atoms with Gasteiger partial charge in [-0.1, -0.05) is 0 Å². The Bertz CT molecular complexity index is 1370. The lowest BCUT2D eigenvalue weighted by atomic mass is 10.1. The van der Waals surface area contributed by atoms with E-state index >= 15 is 0 Å². The summed E-state index contributed by atoms with van der Waals surface area (Å²) in [5.74, 6) is 1.38. The van der Waals surface area contributed by atoms with Crippen molar-refractivity contribution in [1.29, 1.82) is 0 Å². The van der Waals surface area contributed by atoms with Crippen molar-refractivity contribution in [3.05, 3.63) is 47.4 Å². The third kappa shape index (κ3) is 5.13. The SMILES string of the molecule is C=N/C(=C\C(=C(/C)N1CCCCC1)n1cnc(C2CC2)c1)C(=O)Nc1csc(-c2nncn2C2CC2)n1. The summed E-state index contributed by atoms with van der Waals surface area (Å²) in [4.78, 5) is 29.0. The molecule has 2 saturated carbocycles. The van der Waals surface area contributed by atoms with E-state index in [1.54, 1.807) is 6.33 Å². The Labute approximate surface area is 219 Å². The molecule has 0 unspecified atom stereocenters. The molecule has 37 heavy (non-hydrogen) atoms. The average molecular weight is 518 g/mol. The zero-order valence-electron chi connectivity index (χ0n) is 21.0. The van der Waals surface area contributed by atoms with E-state index in [2.05, 4.69) is 59.8 Å². The number of anilines is 1. The van der Waals surface area contributed by atoms with Crippen LogP contribution in [0.5, 0.6) is 0 Å². The van der Waals surface area contributed by atoms with Crippen molar-refractivity contribution in [3.8, 4) is 10.8 Å². The highest BCUT2D eigenvalue weighted by atomic mass is 32.1. The van der Waals surface area contributed by atoms with Crippen LogP contribution in [0.2, 0.25) is 0 Å². The van der Waals surface area contributed by atoms with Gasteiger partial charge >= 0.3 is 0 Å². The van der Waals surface area contributed by atoms with Gasteiger partial charge in [-0.3, -0.25) is 9.79 Å². The maximum Gasteiger partial charge on any atom is 0.275 e. The van der Waals surface area contributed by atoms with Crippen molar-refractivity contribution in [1.82, 2.24) is 34.2 Å². The molecule has 2 aliphatic carbocycles. The van der Waals surface area contributed by atoms with Crippen LogP contribution in [0.25, 0.3) is 16.5 Å². The number of rotatable bonds is 9. The minimum Gasteiger partial charge on any atom is -0.373 e. The van der Waals surface area contributed by atoms with E-state index in [-0.39, 0.29) is 11.6 Å². The van der Waals surface area contributed by atoms with E-state index in [1.165, 1.54) is 43.4 Å². The molecule has 3 fully saturated rings. The molecule has 1 saturated heterocycles. The molecule has 0 atom stereocenters. The van der Waals surface area contributed by atoms with Gasteiger partial charge in [0.2, 0.25) is 0 Å². The van der Waals surface area contributed by atoms with Crippen LogP contribution in [-0.4, -0.2) is 59.9 Å². The fourth-order valence-corrected chi connectivity index (χ4v) is 5.50. The predicted octanol–water partition coefficient (Wildman–Crippen LogP) is 4.71. The van der Waals surface area contributed by atoms with E-state index < -0.39 is 0 Å². The second-order valence-electron chi connectivity index (χ2n) is 9.97. The molecule has 4 heterocycles. The number of nitrogens with zero attached hydrogens (tertiary/aromatic N) is 8. The van der Waals surface area contributed by atoms with Gasteiger partial charge < -0.3 is 19.4 Å². The molecule has 3 aromatic rings. The first-order valence-corrected chi connectivity index (χ1v) is 13.8. The number of thiazole rings is 1. The summed E-state index contributed by atoms with van der Waals surface area (Å²) in [5.41, 5.74) is 3.31. The van der Waals surface area contributed by atoms with Crippen LogP contribution < -0.4 is 5.32 Å². The van der Waals surface area contributed by atoms with Crippen molar-refractivity contribution >= 4 is 35.5 Å². The Morgan fingerprint density at radius 1 is 1.19 bits per heavy atom. The van der Waals surface area contributed by atoms with Crippen molar-refractivity contribution < 1.29 is 4.79 Å². The van der Waals surface area contributed by atoms with Gasteiger partial charge in [-0.05, 0) is 64.7 Å².